The monoisotopic (exact) mass is 433 g/mol. The lowest BCUT2D eigenvalue weighted by atomic mass is 9.96. The lowest BCUT2D eigenvalue weighted by Gasteiger charge is -2.51. The highest BCUT2D eigenvalue weighted by Gasteiger charge is 2.55. The van der Waals surface area contributed by atoms with Crippen LogP contribution in [0.4, 0.5) is 4.79 Å². The van der Waals surface area contributed by atoms with E-state index >= 15 is 0 Å². The predicted octanol–water partition coefficient (Wildman–Crippen LogP) is 3.44. The van der Waals surface area contributed by atoms with E-state index in [1.54, 1.807) is 25.1 Å². The van der Waals surface area contributed by atoms with E-state index < -0.39 is 21.7 Å². The average molecular weight is 434 g/mol. The van der Waals surface area contributed by atoms with E-state index in [2.05, 4.69) is 15.9 Å². The zero-order valence-electron chi connectivity index (χ0n) is 15.3. The van der Waals surface area contributed by atoms with E-state index in [0.717, 1.165) is 4.47 Å². The number of amides is 1. The van der Waals surface area contributed by atoms with E-state index in [-0.39, 0.29) is 35.1 Å². The Bertz CT molecular complexity index is 788. The molecule has 0 spiro atoms. The Hall–Kier alpha value is -0.960. The minimum Gasteiger partial charge on any atom is -0.435 e. The number of piperazine rings is 1. The average Bonchev–Trinajstić information content (AvgIpc) is 2.44. The molecule has 1 aliphatic heterocycles. The summed E-state index contributed by atoms with van der Waals surface area (Å²) < 4.78 is 28.2. The fourth-order valence-electron chi connectivity index (χ4n) is 3.84. The SMILES string of the molecule is Cc1cc(Br)ccc1S(=O)(=O)N1CC[N+](C(=O)O)(C(C)(C)C)[C@@H](C)C1. The fraction of sp³-hybridized carbons (Fsp3) is 0.588. The summed E-state index contributed by atoms with van der Waals surface area (Å²) in [6, 6.07) is 4.72. The van der Waals surface area contributed by atoms with E-state index in [4.69, 9.17) is 0 Å². The molecule has 1 saturated heterocycles. The molecule has 0 saturated carbocycles. The van der Waals surface area contributed by atoms with E-state index in [9.17, 15) is 18.3 Å². The predicted molar refractivity (Wildman–Crippen MR) is 100 cm³/mol. The maximum absolute atomic E-state index is 13.1. The van der Waals surface area contributed by atoms with Crippen LogP contribution in [0.5, 0.6) is 0 Å². The normalized spacial score (nSPS) is 25.8. The number of hydrogen-bond acceptors (Lipinski definition) is 3. The Balaban J connectivity index is 2.38. The number of sulfonamides is 1. The highest BCUT2D eigenvalue weighted by molar-refractivity contribution is 9.10. The van der Waals surface area contributed by atoms with Gasteiger partial charge in [0, 0.05) is 4.47 Å². The topological polar surface area (TPSA) is 74.7 Å². The van der Waals surface area contributed by atoms with Crippen molar-refractivity contribution in [2.45, 2.75) is 51.1 Å². The second-order valence-corrected chi connectivity index (χ2v) is 10.5. The van der Waals surface area contributed by atoms with Crippen molar-refractivity contribution < 1.29 is 22.8 Å². The van der Waals surface area contributed by atoms with Gasteiger partial charge in [-0.2, -0.15) is 9.10 Å². The molecule has 6 nitrogen and oxygen atoms in total. The maximum Gasteiger partial charge on any atom is 0.514 e. The van der Waals surface area contributed by atoms with Crippen molar-refractivity contribution in [2.24, 2.45) is 0 Å². The molecule has 8 heteroatoms. The van der Waals surface area contributed by atoms with Gasteiger partial charge in [0.05, 0.1) is 18.0 Å². The van der Waals surface area contributed by atoms with Crippen molar-refractivity contribution in [3.8, 4) is 0 Å². The van der Waals surface area contributed by atoms with Gasteiger partial charge in [-0.1, -0.05) is 15.9 Å². The summed E-state index contributed by atoms with van der Waals surface area (Å²) >= 11 is 3.35. The summed E-state index contributed by atoms with van der Waals surface area (Å²) in [4.78, 5) is 12.3. The first-order valence-corrected chi connectivity index (χ1v) is 10.4. The molecule has 1 heterocycles. The first kappa shape index (κ1) is 20.4. The van der Waals surface area contributed by atoms with E-state index in [0.29, 0.717) is 5.56 Å². The lowest BCUT2D eigenvalue weighted by Crippen LogP contribution is -2.74. The summed E-state index contributed by atoms with van der Waals surface area (Å²) in [5.41, 5.74) is 0.150. The number of hydrogen-bond donors (Lipinski definition) is 1. The molecule has 1 amide bonds. The summed E-state index contributed by atoms with van der Waals surface area (Å²) in [6.45, 7) is 9.86. The Morgan fingerprint density at radius 3 is 2.40 bits per heavy atom. The van der Waals surface area contributed by atoms with Crippen LogP contribution in [-0.4, -0.2) is 59.6 Å². The third-order valence-corrected chi connectivity index (χ3v) is 7.73. The summed E-state index contributed by atoms with van der Waals surface area (Å²) in [5.74, 6) is 0. The zero-order chi connectivity index (χ0) is 19.2. The number of carbonyl (C=O) groups is 1. The van der Waals surface area contributed by atoms with Crippen LogP contribution in [0.15, 0.2) is 27.6 Å². The molecule has 1 unspecified atom stereocenters. The number of quaternary nitrogens is 1. The molecule has 1 fully saturated rings. The maximum atomic E-state index is 13.1. The number of carboxylic acid groups (broad SMARTS) is 1. The molecule has 0 bridgehead atoms. The van der Waals surface area contributed by atoms with E-state index in [1.807, 2.05) is 27.7 Å². The fourth-order valence-corrected chi connectivity index (χ4v) is 6.04. The highest BCUT2D eigenvalue weighted by atomic mass is 79.9. The first-order chi connectivity index (χ1) is 11.3. The van der Waals surface area contributed by atoms with Gasteiger partial charge in [-0.3, -0.25) is 0 Å². The Kier molecular flexibility index (Phi) is 5.41. The summed E-state index contributed by atoms with van der Waals surface area (Å²) in [7, 11) is -3.65. The molecule has 1 N–H and O–H groups in total. The molecule has 0 aromatic heterocycles. The third kappa shape index (κ3) is 3.37. The molecule has 2 rings (SSSR count). The number of nitrogens with zero attached hydrogens (tertiary/aromatic N) is 2. The Labute approximate surface area is 158 Å². The van der Waals surface area contributed by atoms with Gasteiger partial charge in [0.15, 0.2) is 0 Å². The largest absolute Gasteiger partial charge is 0.514 e. The van der Waals surface area contributed by atoms with Gasteiger partial charge < -0.3 is 5.11 Å². The molecule has 2 atom stereocenters. The molecule has 1 aromatic carbocycles. The third-order valence-electron chi connectivity index (χ3n) is 5.22. The second-order valence-electron chi connectivity index (χ2n) is 7.67. The minimum absolute atomic E-state index is 0.141. The quantitative estimate of drug-likeness (QED) is 0.724. The molecular weight excluding hydrogens is 408 g/mol. The molecule has 25 heavy (non-hydrogen) atoms. The molecule has 0 radical (unpaired) electrons. The number of halogens is 1. The summed E-state index contributed by atoms with van der Waals surface area (Å²) in [5, 5.41) is 9.87. The number of benzene rings is 1. The number of aryl methyl sites for hydroxylation is 1. The Morgan fingerprint density at radius 2 is 1.96 bits per heavy atom. The molecule has 0 aliphatic carbocycles. The van der Waals surface area contributed by atoms with Gasteiger partial charge >= 0.3 is 6.09 Å². The smallest absolute Gasteiger partial charge is 0.435 e. The van der Waals surface area contributed by atoms with Gasteiger partial charge in [-0.05, 0) is 58.4 Å². The van der Waals surface area contributed by atoms with Crippen LogP contribution in [-0.2, 0) is 10.0 Å². The van der Waals surface area contributed by atoms with Gasteiger partial charge in [-0.15, -0.1) is 0 Å². The molecular formula is C17H26BrN2O4S+. The van der Waals surface area contributed by atoms with Crippen LogP contribution in [0.1, 0.15) is 33.3 Å². The van der Waals surface area contributed by atoms with Crippen molar-refractivity contribution in [2.75, 3.05) is 19.6 Å². The van der Waals surface area contributed by atoms with Crippen LogP contribution in [0, 0.1) is 6.92 Å². The van der Waals surface area contributed by atoms with Gasteiger partial charge in [0.1, 0.15) is 18.1 Å². The minimum atomic E-state index is -3.65. The van der Waals surface area contributed by atoms with Gasteiger partial charge in [0.25, 0.3) is 0 Å². The standard InChI is InChI=1S/C17H25BrN2O4S/c1-12-10-14(18)6-7-15(12)25(23,24)19-8-9-20(16(21)22,13(2)11-19)17(3,4)5/h6-7,10,13H,8-9,11H2,1-5H3/p+1/t13-,20?/m0/s1. The van der Waals surface area contributed by atoms with Crippen molar-refractivity contribution >= 4 is 32.0 Å². The first-order valence-electron chi connectivity index (χ1n) is 8.21. The van der Waals surface area contributed by atoms with Crippen LogP contribution in [0.25, 0.3) is 0 Å². The summed E-state index contributed by atoms with van der Waals surface area (Å²) in [6.07, 6.45) is -0.906. The molecule has 1 aliphatic rings. The molecule has 140 valence electrons. The Morgan fingerprint density at radius 1 is 1.36 bits per heavy atom. The van der Waals surface area contributed by atoms with Gasteiger partial charge in [0.2, 0.25) is 10.0 Å². The van der Waals surface area contributed by atoms with Crippen LogP contribution < -0.4 is 0 Å². The van der Waals surface area contributed by atoms with Crippen molar-refractivity contribution in [1.29, 1.82) is 0 Å². The van der Waals surface area contributed by atoms with Gasteiger partial charge in [-0.25, -0.2) is 12.9 Å². The van der Waals surface area contributed by atoms with Crippen molar-refractivity contribution in [3.05, 3.63) is 28.2 Å². The van der Waals surface area contributed by atoms with Crippen molar-refractivity contribution in [3.63, 3.8) is 0 Å². The molecule has 1 aromatic rings. The second kappa shape index (κ2) is 6.64. The van der Waals surface area contributed by atoms with Crippen LogP contribution >= 0.6 is 15.9 Å². The van der Waals surface area contributed by atoms with E-state index in [1.165, 1.54) is 4.31 Å². The highest BCUT2D eigenvalue weighted by Crippen LogP contribution is 2.34. The lowest BCUT2D eigenvalue weighted by molar-refractivity contribution is -0.928. The van der Waals surface area contributed by atoms with Crippen LogP contribution in [0.3, 0.4) is 0 Å². The van der Waals surface area contributed by atoms with Crippen LogP contribution in [0.2, 0.25) is 0 Å². The zero-order valence-corrected chi connectivity index (χ0v) is 17.7. The van der Waals surface area contributed by atoms with Crippen molar-refractivity contribution in [1.82, 2.24) is 4.31 Å². The number of rotatable bonds is 2.